The molecule has 2 rings (SSSR count). The lowest BCUT2D eigenvalue weighted by atomic mass is 10.1. The minimum atomic E-state index is -0.539. The normalized spacial score (nSPS) is 36.3. The van der Waals surface area contributed by atoms with Crippen LogP contribution in [0.3, 0.4) is 0 Å². The molecule has 0 aromatic heterocycles. The Kier molecular flexibility index (Phi) is 1.70. The van der Waals surface area contributed by atoms with Crippen LogP contribution in [-0.2, 0) is 0 Å². The molecule has 1 nitrogen and oxygen atoms in total. The van der Waals surface area contributed by atoms with Gasteiger partial charge in [-0.05, 0) is 12.8 Å². The lowest BCUT2D eigenvalue weighted by Gasteiger charge is -2.04. The molecule has 0 amide bonds. The van der Waals surface area contributed by atoms with Crippen LogP contribution >= 0.6 is 12.4 Å². The Morgan fingerprint density at radius 1 is 1.44 bits per heavy atom. The summed E-state index contributed by atoms with van der Waals surface area (Å²) in [5, 5.41) is 3.05. The lowest BCUT2D eigenvalue weighted by molar-refractivity contribution is 0.267. The van der Waals surface area contributed by atoms with Crippen molar-refractivity contribution in [2.45, 2.75) is 19.0 Å². The van der Waals surface area contributed by atoms with Crippen molar-refractivity contribution in [1.82, 2.24) is 5.32 Å². The summed E-state index contributed by atoms with van der Waals surface area (Å²) in [5.41, 5.74) is 0.125. The van der Waals surface area contributed by atoms with Gasteiger partial charge in [0.25, 0.3) is 0 Å². The van der Waals surface area contributed by atoms with Crippen LogP contribution in [0, 0.1) is 5.41 Å². The Bertz CT molecular complexity index is 114. The van der Waals surface area contributed by atoms with Gasteiger partial charge in [0.05, 0.1) is 0 Å². The summed E-state index contributed by atoms with van der Waals surface area (Å²) in [6, 6.07) is 0. The van der Waals surface area contributed by atoms with Crippen LogP contribution < -0.4 is 5.32 Å². The smallest absolute Gasteiger partial charge is 0.119 e. The van der Waals surface area contributed by atoms with Gasteiger partial charge in [-0.15, -0.1) is 12.4 Å². The summed E-state index contributed by atoms with van der Waals surface area (Å²) < 4.78 is 12.7. The van der Waals surface area contributed by atoms with Crippen molar-refractivity contribution in [3.05, 3.63) is 0 Å². The Morgan fingerprint density at radius 2 is 2.11 bits per heavy atom. The second kappa shape index (κ2) is 2.10. The topological polar surface area (TPSA) is 12.0 Å². The first kappa shape index (κ1) is 7.29. The van der Waals surface area contributed by atoms with E-state index in [-0.39, 0.29) is 17.8 Å². The predicted molar refractivity (Wildman–Crippen MR) is 36.7 cm³/mol. The van der Waals surface area contributed by atoms with Gasteiger partial charge < -0.3 is 5.32 Å². The summed E-state index contributed by atoms with van der Waals surface area (Å²) in [7, 11) is 0. The van der Waals surface area contributed by atoms with Crippen molar-refractivity contribution in [2.75, 3.05) is 13.1 Å². The van der Waals surface area contributed by atoms with E-state index in [9.17, 15) is 4.39 Å². The Balaban J connectivity index is 0.000000405. The molecule has 9 heavy (non-hydrogen) atoms. The number of hydrogen-bond donors (Lipinski definition) is 1. The molecule has 54 valence electrons. The lowest BCUT2D eigenvalue weighted by Crippen LogP contribution is -2.12. The maximum Gasteiger partial charge on any atom is 0.119 e. The molecule has 1 N–H and O–H groups in total. The molecule has 1 heterocycles. The zero-order chi connectivity index (χ0) is 5.61. The summed E-state index contributed by atoms with van der Waals surface area (Å²) in [5.74, 6) is 0. The van der Waals surface area contributed by atoms with E-state index in [4.69, 9.17) is 0 Å². The molecule has 3 heteroatoms. The van der Waals surface area contributed by atoms with E-state index in [1.54, 1.807) is 0 Å². The van der Waals surface area contributed by atoms with Gasteiger partial charge >= 0.3 is 0 Å². The SMILES string of the molecule is Cl.F[C@H]1CNCC12CC2. The van der Waals surface area contributed by atoms with Crippen LogP contribution in [0.15, 0.2) is 0 Å². The van der Waals surface area contributed by atoms with E-state index >= 15 is 0 Å². The summed E-state index contributed by atoms with van der Waals surface area (Å²) in [6.07, 6.45) is 1.69. The molecule has 0 unspecified atom stereocenters. The van der Waals surface area contributed by atoms with E-state index in [0.29, 0.717) is 6.54 Å². The molecule has 0 bridgehead atoms. The predicted octanol–water partition coefficient (Wildman–Crippen LogP) is 1.13. The van der Waals surface area contributed by atoms with Crippen LogP contribution in [0.1, 0.15) is 12.8 Å². The van der Waals surface area contributed by atoms with E-state index in [1.807, 2.05) is 0 Å². The maximum absolute atomic E-state index is 12.7. The largest absolute Gasteiger partial charge is 0.313 e. The van der Waals surface area contributed by atoms with E-state index in [1.165, 1.54) is 0 Å². The fourth-order valence-corrected chi connectivity index (χ4v) is 1.43. The second-order valence-corrected chi connectivity index (χ2v) is 2.96. The monoisotopic (exact) mass is 151 g/mol. The van der Waals surface area contributed by atoms with Crippen LogP contribution in [0.25, 0.3) is 0 Å². The zero-order valence-corrected chi connectivity index (χ0v) is 6.01. The first-order valence-corrected chi connectivity index (χ1v) is 3.18. The van der Waals surface area contributed by atoms with Gasteiger partial charge in [0.2, 0.25) is 0 Å². The van der Waals surface area contributed by atoms with E-state index < -0.39 is 6.17 Å². The molecule has 1 saturated carbocycles. The van der Waals surface area contributed by atoms with Crippen molar-refractivity contribution >= 4 is 12.4 Å². The van der Waals surface area contributed by atoms with Gasteiger partial charge in [-0.25, -0.2) is 4.39 Å². The standard InChI is InChI=1S/C6H10FN.ClH/c7-5-3-8-4-6(5)1-2-6;/h5,8H,1-4H2;1H/t5-;/m0./s1. The number of nitrogens with one attached hydrogen (secondary N) is 1. The fourth-order valence-electron chi connectivity index (χ4n) is 1.43. The molecule has 1 aliphatic carbocycles. The van der Waals surface area contributed by atoms with E-state index in [2.05, 4.69) is 5.32 Å². The van der Waals surface area contributed by atoms with Gasteiger partial charge in [0.15, 0.2) is 0 Å². The third kappa shape index (κ3) is 0.945. The second-order valence-electron chi connectivity index (χ2n) is 2.96. The molecule has 0 radical (unpaired) electrons. The highest BCUT2D eigenvalue weighted by molar-refractivity contribution is 5.85. The van der Waals surface area contributed by atoms with Gasteiger partial charge in [-0.1, -0.05) is 0 Å². The highest BCUT2D eigenvalue weighted by Gasteiger charge is 2.52. The van der Waals surface area contributed by atoms with Crippen molar-refractivity contribution in [2.24, 2.45) is 5.41 Å². The highest BCUT2D eigenvalue weighted by Crippen LogP contribution is 2.51. The minimum Gasteiger partial charge on any atom is -0.313 e. The fraction of sp³-hybridized carbons (Fsp3) is 1.00. The van der Waals surface area contributed by atoms with Crippen molar-refractivity contribution in [1.29, 1.82) is 0 Å². The van der Waals surface area contributed by atoms with E-state index in [0.717, 1.165) is 19.4 Å². The van der Waals surface area contributed by atoms with Crippen LogP contribution in [0.5, 0.6) is 0 Å². The maximum atomic E-state index is 12.7. The molecule has 2 aliphatic rings. The first-order valence-electron chi connectivity index (χ1n) is 3.18. The number of hydrogen-bond acceptors (Lipinski definition) is 1. The number of alkyl halides is 1. The third-order valence-corrected chi connectivity index (χ3v) is 2.36. The Morgan fingerprint density at radius 3 is 2.33 bits per heavy atom. The highest BCUT2D eigenvalue weighted by atomic mass is 35.5. The Labute approximate surface area is 60.4 Å². The molecule has 2 fully saturated rings. The summed E-state index contributed by atoms with van der Waals surface area (Å²) >= 11 is 0. The van der Waals surface area contributed by atoms with Gasteiger partial charge in [0, 0.05) is 18.5 Å². The average molecular weight is 152 g/mol. The molecular formula is C6H11ClFN. The Hall–Kier alpha value is 0.180. The van der Waals surface area contributed by atoms with Crippen molar-refractivity contribution in [3.63, 3.8) is 0 Å². The van der Waals surface area contributed by atoms with Gasteiger partial charge in [0.1, 0.15) is 6.17 Å². The summed E-state index contributed by atoms with van der Waals surface area (Å²) in [4.78, 5) is 0. The van der Waals surface area contributed by atoms with Crippen LogP contribution in [0.2, 0.25) is 0 Å². The molecule has 1 aliphatic heterocycles. The van der Waals surface area contributed by atoms with Gasteiger partial charge in [-0.2, -0.15) is 0 Å². The molecule has 0 aromatic rings. The van der Waals surface area contributed by atoms with Crippen LogP contribution in [0.4, 0.5) is 4.39 Å². The van der Waals surface area contributed by atoms with Crippen LogP contribution in [-0.4, -0.2) is 19.3 Å². The molecule has 1 spiro atoms. The average Bonchev–Trinajstić information content (AvgIpc) is 2.39. The quantitative estimate of drug-likeness (QED) is 0.548. The molecule has 1 saturated heterocycles. The minimum absolute atomic E-state index is 0. The zero-order valence-electron chi connectivity index (χ0n) is 5.19. The van der Waals surface area contributed by atoms with Crippen molar-refractivity contribution in [3.8, 4) is 0 Å². The molecule has 1 atom stereocenters. The number of rotatable bonds is 0. The summed E-state index contributed by atoms with van der Waals surface area (Å²) in [6.45, 7) is 1.52. The van der Waals surface area contributed by atoms with Crippen molar-refractivity contribution < 1.29 is 4.39 Å². The molecule has 0 aromatic carbocycles. The van der Waals surface area contributed by atoms with Gasteiger partial charge in [-0.3, -0.25) is 0 Å². The first-order chi connectivity index (χ1) is 3.83. The number of halogens is 2. The molecular weight excluding hydrogens is 141 g/mol. The third-order valence-electron chi connectivity index (χ3n) is 2.36.